The van der Waals surface area contributed by atoms with E-state index in [2.05, 4.69) is 5.10 Å². The second-order valence-electron chi connectivity index (χ2n) is 6.41. The highest BCUT2D eigenvalue weighted by atomic mass is 16.3. The zero-order valence-corrected chi connectivity index (χ0v) is 12.1. The molecule has 1 aromatic heterocycles. The number of rotatable bonds is 2. The van der Waals surface area contributed by atoms with E-state index in [0.29, 0.717) is 17.6 Å². The Morgan fingerprint density at radius 3 is 2.00 bits per heavy atom. The first kappa shape index (κ1) is 13.0. The topological polar surface area (TPSA) is 38.0 Å². The van der Waals surface area contributed by atoms with Gasteiger partial charge in [0, 0.05) is 18.9 Å². The number of hydrogen-bond donors (Lipinski definition) is 1. The number of hydrogen-bond acceptors (Lipinski definition) is 2. The van der Waals surface area contributed by atoms with Gasteiger partial charge in [-0.05, 0) is 25.7 Å². The Morgan fingerprint density at radius 2 is 1.42 bits per heavy atom. The van der Waals surface area contributed by atoms with Crippen LogP contribution in [0.25, 0.3) is 0 Å². The molecule has 0 atom stereocenters. The Hall–Kier alpha value is -0.990. The highest BCUT2D eigenvalue weighted by molar-refractivity contribution is 5.37. The monoisotopic (exact) mass is 262 g/mol. The van der Waals surface area contributed by atoms with Gasteiger partial charge in [0.1, 0.15) is 5.69 Å². The molecule has 3 rings (SSSR count). The predicted molar refractivity (Wildman–Crippen MR) is 76.5 cm³/mol. The zero-order valence-electron chi connectivity index (χ0n) is 12.1. The molecule has 0 bridgehead atoms. The van der Waals surface area contributed by atoms with Crippen LogP contribution >= 0.6 is 0 Å². The van der Waals surface area contributed by atoms with Crippen LogP contribution in [0.15, 0.2) is 0 Å². The third-order valence-corrected chi connectivity index (χ3v) is 5.08. The molecule has 2 fully saturated rings. The summed E-state index contributed by atoms with van der Waals surface area (Å²) in [5.41, 5.74) is 2.10. The third kappa shape index (κ3) is 2.52. The van der Waals surface area contributed by atoms with Crippen molar-refractivity contribution in [2.45, 2.75) is 76.0 Å². The van der Waals surface area contributed by atoms with E-state index in [-0.39, 0.29) is 0 Å². The number of aryl methyl sites for hydroxylation is 1. The van der Waals surface area contributed by atoms with Crippen LogP contribution in [0.3, 0.4) is 0 Å². The van der Waals surface area contributed by atoms with Crippen molar-refractivity contribution in [2.24, 2.45) is 7.05 Å². The van der Waals surface area contributed by atoms with E-state index < -0.39 is 0 Å². The number of nitrogens with zero attached hydrogens (tertiary/aromatic N) is 2. The summed E-state index contributed by atoms with van der Waals surface area (Å²) in [5, 5.41) is 15.3. The number of aromatic hydroxyl groups is 1. The van der Waals surface area contributed by atoms with E-state index in [1.54, 1.807) is 0 Å². The average Bonchev–Trinajstić information content (AvgIpc) is 2.76. The molecule has 0 aliphatic heterocycles. The lowest BCUT2D eigenvalue weighted by Gasteiger charge is -2.22. The smallest absolute Gasteiger partial charge is 0.160 e. The minimum absolute atomic E-state index is 0.497. The number of aromatic nitrogens is 2. The van der Waals surface area contributed by atoms with E-state index in [9.17, 15) is 5.11 Å². The molecule has 0 saturated heterocycles. The molecule has 1 heterocycles. The largest absolute Gasteiger partial charge is 0.504 e. The summed E-state index contributed by atoms with van der Waals surface area (Å²) in [7, 11) is 2.01. The molecule has 2 saturated carbocycles. The van der Waals surface area contributed by atoms with E-state index in [0.717, 1.165) is 11.4 Å². The van der Waals surface area contributed by atoms with Gasteiger partial charge in [0.15, 0.2) is 5.75 Å². The standard InChI is InChI=1S/C16H26N2O/c1-18-15(13-10-6-3-7-11-13)16(19)14(17-18)12-8-4-2-5-9-12/h12-13,19H,2-11H2,1H3. The van der Waals surface area contributed by atoms with Crippen molar-refractivity contribution in [1.29, 1.82) is 0 Å². The van der Waals surface area contributed by atoms with Crippen LogP contribution in [0.4, 0.5) is 0 Å². The van der Waals surface area contributed by atoms with Crippen LogP contribution < -0.4 is 0 Å². The molecule has 1 aromatic rings. The Kier molecular flexibility index (Phi) is 3.81. The summed E-state index contributed by atoms with van der Waals surface area (Å²) in [6.07, 6.45) is 12.7. The lowest BCUT2D eigenvalue weighted by molar-refractivity contribution is 0.391. The van der Waals surface area contributed by atoms with Gasteiger partial charge in [0.25, 0.3) is 0 Å². The molecule has 0 amide bonds. The first-order valence-electron chi connectivity index (χ1n) is 8.03. The molecular weight excluding hydrogens is 236 g/mol. The highest BCUT2D eigenvalue weighted by Crippen LogP contribution is 2.43. The summed E-state index contributed by atoms with van der Waals surface area (Å²) < 4.78 is 1.97. The molecule has 3 nitrogen and oxygen atoms in total. The maximum absolute atomic E-state index is 10.6. The van der Waals surface area contributed by atoms with Gasteiger partial charge < -0.3 is 5.11 Å². The lowest BCUT2D eigenvalue weighted by Crippen LogP contribution is -2.09. The van der Waals surface area contributed by atoms with E-state index in [1.807, 2.05) is 11.7 Å². The first-order chi connectivity index (χ1) is 9.27. The van der Waals surface area contributed by atoms with Crippen molar-refractivity contribution in [3.8, 4) is 5.75 Å². The van der Waals surface area contributed by atoms with E-state index in [1.165, 1.54) is 64.2 Å². The van der Waals surface area contributed by atoms with Gasteiger partial charge in [-0.15, -0.1) is 0 Å². The quantitative estimate of drug-likeness (QED) is 0.866. The van der Waals surface area contributed by atoms with E-state index >= 15 is 0 Å². The van der Waals surface area contributed by atoms with Crippen molar-refractivity contribution >= 4 is 0 Å². The van der Waals surface area contributed by atoms with Gasteiger partial charge in [-0.25, -0.2) is 0 Å². The fourth-order valence-corrected chi connectivity index (χ4v) is 4.03. The summed E-state index contributed by atoms with van der Waals surface area (Å²) in [5.74, 6) is 1.56. The van der Waals surface area contributed by atoms with Crippen LogP contribution in [-0.4, -0.2) is 14.9 Å². The van der Waals surface area contributed by atoms with Crippen molar-refractivity contribution in [3.63, 3.8) is 0 Å². The Balaban J connectivity index is 1.86. The normalized spacial score (nSPS) is 22.8. The Morgan fingerprint density at radius 1 is 0.895 bits per heavy atom. The average molecular weight is 262 g/mol. The maximum atomic E-state index is 10.6. The fourth-order valence-electron chi connectivity index (χ4n) is 4.03. The molecule has 2 aliphatic carbocycles. The van der Waals surface area contributed by atoms with Crippen LogP contribution in [0.1, 0.15) is 87.4 Å². The highest BCUT2D eigenvalue weighted by Gasteiger charge is 2.29. The second kappa shape index (κ2) is 5.56. The van der Waals surface area contributed by atoms with Crippen LogP contribution in [-0.2, 0) is 7.05 Å². The molecule has 0 aromatic carbocycles. The third-order valence-electron chi connectivity index (χ3n) is 5.08. The van der Waals surface area contributed by atoms with Gasteiger partial charge in [0.05, 0.1) is 5.69 Å². The van der Waals surface area contributed by atoms with Crippen LogP contribution in [0.5, 0.6) is 5.75 Å². The molecule has 19 heavy (non-hydrogen) atoms. The first-order valence-corrected chi connectivity index (χ1v) is 8.03. The van der Waals surface area contributed by atoms with Gasteiger partial charge in [-0.3, -0.25) is 4.68 Å². The molecular formula is C16H26N2O. The van der Waals surface area contributed by atoms with Gasteiger partial charge in [-0.2, -0.15) is 5.10 Å². The molecule has 0 unspecified atom stereocenters. The maximum Gasteiger partial charge on any atom is 0.160 e. The minimum Gasteiger partial charge on any atom is -0.504 e. The zero-order chi connectivity index (χ0) is 13.2. The van der Waals surface area contributed by atoms with Gasteiger partial charge in [-0.1, -0.05) is 38.5 Å². The van der Waals surface area contributed by atoms with E-state index in [4.69, 9.17) is 0 Å². The Bertz CT molecular complexity index is 426. The fraction of sp³-hybridized carbons (Fsp3) is 0.812. The second-order valence-corrected chi connectivity index (χ2v) is 6.41. The van der Waals surface area contributed by atoms with Gasteiger partial charge >= 0.3 is 0 Å². The van der Waals surface area contributed by atoms with Crippen molar-refractivity contribution in [1.82, 2.24) is 9.78 Å². The predicted octanol–water partition coefficient (Wildman–Crippen LogP) is 4.22. The van der Waals surface area contributed by atoms with Crippen molar-refractivity contribution in [3.05, 3.63) is 11.4 Å². The van der Waals surface area contributed by atoms with Crippen LogP contribution in [0, 0.1) is 0 Å². The van der Waals surface area contributed by atoms with Crippen molar-refractivity contribution < 1.29 is 5.11 Å². The lowest BCUT2D eigenvalue weighted by atomic mass is 9.84. The van der Waals surface area contributed by atoms with Crippen LogP contribution in [0.2, 0.25) is 0 Å². The SMILES string of the molecule is Cn1nc(C2CCCCC2)c(O)c1C1CCCCC1. The molecule has 0 radical (unpaired) electrons. The molecule has 0 spiro atoms. The molecule has 3 heteroatoms. The molecule has 2 aliphatic rings. The van der Waals surface area contributed by atoms with Crippen molar-refractivity contribution in [2.75, 3.05) is 0 Å². The molecule has 1 N–H and O–H groups in total. The summed E-state index contributed by atoms with van der Waals surface area (Å²) >= 11 is 0. The summed E-state index contributed by atoms with van der Waals surface area (Å²) in [4.78, 5) is 0. The summed E-state index contributed by atoms with van der Waals surface area (Å²) in [6, 6.07) is 0. The van der Waals surface area contributed by atoms with Gasteiger partial charge in [0.2, 0.25) is 0 Å². The summed E-state index contributed by atoms with van der Waals surface area (Å²) in [6.45, 7) is 0. The molecule has 106 valence electrons. The minimum atomic E-state index is 0.497. The Labute approximate surface area is 116 Å².